The molecule has 4 N–H and O–H groups in total. The minimum Gasteiger partial charge on any atom is -0.493 e. The van der Waals surface area contributed by atoms with Gasteiger partial charge in [0.25, 0.3) is 5.91 Å². The molecule has 1 amide bonds. The Morgan fingerprint density at radius 3 is 2.70 bits per heavy atom. The fourth-order valence-corrected chi connectivity index (χ4v) is 4.29. The van der Waals surface area contributed by atoms with E-state index in [1.165, 1.54) is 18.2 Å². The molecule has 0 aliphatic carbocycles. The molecule has 0 saturated carbocycles. The lowest BCUT2D eigenvalue weighted by molar-refractivity contribution is -0.129. The topological polar surface area (TPSA) is 146 Å². The Balaban J connectivity index is 1.64. The van der Waals surface area contributed by atoms with Crippen LogP contribution in [0.3, 0.4) is 0 Å². The van der Waals surface area contributed by atoms with Gasteiger partial charge in [0.2, 0.25) is 5.95 Å². The van der Waals surface area contributed by atoms with Gasteiger partial charge in [0, 0.05) is 36.2 Å². The van der Waals surface area contributed by atoms with E-state index in [4.69, 9.17) is 20.9 Å². The van der Waals surface area contributed by atoms with E-state index in [1.807, 2.05) is 36.4 Å². The number of amides is 1. The Bertz CT molecular complexity index is 1370. The summed E-state index contributed by atoms with van der Waals surface area (Å²) in [5.74, 6) is 1.03. The molecule has 4 rings (SSSR count). The van der Waals surface area contributed by atoms with Crippen molar-refractivity contribution in [1.29, 1.82) is 0 Å². The number of hydrazone groups is 1. The van der Waals surface area contributed by atoms with E-state index in [-0.39, 0.29) is 17.9 Å². The normalized spacial score (nSPS) is 14.4. The van der Waals surface area contributed by atoms with E-state index in [0.717, 1.165) is 23.0 Å². The third kappa shape index (κ3) is 5.58. The van der Waals surface area contributed by atoms with E-state index in [1.54, 1.807) is 25.6 Å². The highest BCUT2D eigenvalue weighted by Gasteiger charge is 2.28. The minimum atomic E-state index is -0.347. The molecule has 2 heterocycles. The molecule has 3 aromatic rings. The number of carbonyl (C=O) groups excluding carboxylic acids is 2. The van der Waals surface area contributed by atoms with E-state index >= 15 is 0 Å². The maximum absolute atomic E-state index is 13.3. The summed E-state index contributed by atoms with van der Waals surface area (Å²) >= 11 is 0. The Kier molecular flexibility index (Phi) is 7.77. The number of methoxy groups -OCH3 is 2. The van der Waals surface area contributed by atoms with E-state index < -0.39 is 0 Å². The molecule has 0 radical (unpaired) electrons. The maximum Gasteiger partial charge on any atom is 0.267 e. The zero-order valence-corrected chi connectivity index (χ0v) is 20.6. The number of benzene rings is 2. The average molecular weight is 501 g/mol. The van der Waals surface area contributed by atoms with Crippen molar-refractivity contribution in [2.45, 2.75) is 25.3 Å². The number of hydrogen-bond donors (Lipinski definition) is 2. The summed E-state index contributed by atoms with van der Waals surface area (Å²) in [4.78, 5) is 32.4. The number of hydrogen-bond acceptors (Lipinski definition) is 9. The lowest BCUT2D eigenvalue weighted by Gasteiger charge is -2.30. The summed E-state index contributed by atoms with van der Waals surface area (Å²) in [6.07, 6.45) is 8.37. The highest BCUT2D eigenvalue weighted by atomic mass is 16.5. The van der Waals surface area contributed by atoms with Gasteiger partial charge in [-0.3, -0.25) is 4.79 Å². The number of carbonyl (C=O) groups is 2. The van der Waals surface area contributed by atoms with Gasteiger partial charge in [-0.1, -0.05) is 24.3 Å². The van der Waals surface area contributed by atoms with Crippen molar-refractivity contribution >= 4 is 36.3 Å². The Labute approximate surface area is 214 Å². The summed E-state index contributed by atoms with van der Waals surface area (Å²) in [6, 6.07) is 11.1. The number of rotatable bonds is 9. The summed E-state index contributed by atoms with van der Waals surface area (Å²) < 4.78 is 11.1. The first kappa shape index (κ1) is 25.4. The van der Waals surface area contributed by atoms with E-state index in [0.29, 0.717) is 47.7 Å². The van der Waals surface area contributed by atoms with Gasteiger partial charge in [0.1, 0.15) is 12.1 Å². The molecule has 0 bridgehead atoms. The van der Waals surface area contributed by atoms with Gasteiger partial charge in [-0.25, -0.2) is 9.99 Å². The van der Waals surface area contributed by atoms with Crippen LogP contribution in [0, 0.1) is 0 Å². The molecule has 10 heteroatoms. The second-order valence-corrected chi connectivity index (χ2v) is 8.39. The monoisotopic (exact) mass is 500 g/mol. The van der Waals surface area contributed by atoms with Crippen LogP contribution in [0.5, 0.6) is 11.5 Å². The van der Waals surface area contributed by atoms with Crippen molar-refractivity contribution in [2.75, 3.05) is 25.7 Å². The van der Waals surface area contributed by atoms with Gasteiger partial charge >= 0.3 is 0 Å². The van der Waals surface area contributed by atoms with E-state index in [2.05, 4.69) is 15.1 Å². The molecule has 1 aliphatic heterocycles. The summed E-state index contributed by atoms with van der Waals surface area (Å²) in [7, 11) is 3.07. The molecule has 1 atom stereocenters. The predicted molar refractivity (Wildman–Crippen MR) is 141 cm³/mol. The van der Waals surface area contributed by atoms with Crippen LogP contribution in [-0.2, 0) is 16.0 Å². The molecule has 190 valence electrons. The van der Waals surface area contributed by atoms with Gasteiger partial charge in [-0.15, -0.1) is 0 Å². The van der Waals surface area contributed by atoms with E-state index in [9.17, 15) is 9.59 Å². The molecule has 0 fully saturated rings. The molecular formula is C27H28N6O4. The number of fused-ring (bicyclic) bond motifs is 1. The molecule has 1 aliphatic rings. The molecule has 0 saturated heterocycles. The fourth-order valence-electron chi connectivity index (χ4n) is 4.29. The van der Waals surface area contributed by atoms with Crippen LogP contribution >= 0.6 is 0 Å². The quantitative estimate of drug-likeness (QED) is 0.336. The molecular weight excluding hydrogens is 472 g/mol. The highest BCUT2D eigenvalue weighted by molar-refractivity contribution is 5.95. The molecule has 10 nitrogen and oxygen atoms in total. The lowest BCUT2D eigenvalue weighted by Crippen LogP contribution is -2.32. The predicted octanol–water partition coefficient (Wildman–Crippen LogP) is 3.16. The van der Waals surface area contributed by atoms with Crippen molar-refractivity contribution in [3.05, 3.63) is 76.5 Å². The Morgan fingerprint density at radius 1 is 1.16 bits per heavy atom. The number of aldehydes is 1. The molecule has 0 spiro atoms. The zero-order chi connectivity index (χ0) is 26.4. The highest BCUT2D eigenvalue weighted by Crippen LogP contribution is 2.35. The van der Waals surface area contributed by atoms with Gasteiger partial charge in [0.15, 0.2) is 11.5 Å². The summed E-state index contributed by atoms with van der Waals surface area (Å²) in [5, 5.41) is 5.79. The minimum absolute atomic E-state index is 0.102. The SMILES string of the molecule is COc1cc(Cc2cnc(N)nc2N)cc(C=CC(=O)N2N=Cc3ccccc3C2CCC=O)c1OC. The van der Waals surface area contributed by atoms with Crippen LogP contribution in [0.4, 0.5) is 11.8 Å². The van der Waals surface area contributed by atoms with Crippen molar-refractivity contribution in [1.82, 2.24) is 15.0 Å². The van der Waals surface area contributed by atoms with Gasteiger partial charge in [-0.2, -0.15) is 10.1 Å². The lowest BCUT2D eigenvalue weighted by atomic mass is 9.95. The fraction of sp³-hybridized carbons (Fsp3) is 0.222. The number of nitrogens with zero attached hydrogens (tertiary/aromatic N) is 4. The Hall–Kier alpha value is -4.73. The first-order chi connectivity index (χ1) is 17.9. The van der Waals surface area contributed by atoms with Crippen LogP contribution < -0.4 is 20.9 Å². The third-order valence-corrected chi connectivity index (χ3v) is 6.04. The second kappa shape index (κ2) is 11.3. The van der Waals surface area contributed by atoms with Crippen LogP contribution in [0.1, 0.15) is 46.7 Å². The van der Waals surface area contributed by atoms with Crippen LogP contribution in [0.2, 0.25) is 0 Å². The van der Waals surface area contributed by atoms with Gasteiger partial charge in [-0.05, 0) is 41.3 Å². The summed E-state index contributed by atoms with van der Waals surface area (Å²) in [5.41, 5.74) is 15.7. The van der Waals surface area contributed by atoms with Crippen molar-refractivity contribution in [3.63, 3.8) is 0 Å². The van der Waals surface area contributed by atoms with Crippen LogP contribution in [-0.4, -0.2) is 47.6 Å². The van der Waals surface area contributed by atoms with Gasteiger partial charge in [0.05, 0.1) is 26.5 Å². The van der Waals surface area contributed by atoms with Crippen molar-refractivity contribution in [2.24, 2.45) is 5.10 Å². The van der Waals surface area contributed by atoms with Gasteiger partial charge < -0.3 is 25.7 Å². The average Bonchev–Trinajstić information content (AvgIpc) is 2.91. The standard InChI is InChI=1S/C27H28N6O4/c1-36-23-14-17(13-20-15-30-27(29)32-26(20)28)12-18(25(23)37-2)9-10-24(35)33-22(8-5-11-34)21-7-4-3-6-19(21)16-31-33/h3-4,6-7,9-12,14-16,22H,5,8,13H2,1-2H3,(H4,28,29,30,32). The molecule has 37 heavy (non-hydrogen) atoms. The molecule has 2 aromatic carbocycles. The first-order valence-electron chi connectivity index (χ1n) is 11.6. The maximum atomic E-state index is 13.3. The Morgan fingerprint density at radius 2 is 1.97 bits per heavy atom. The number of aromatic nitrogens is 2. The number of nitrogen functional groups attached to an aromatic ring is 2. The third-order valence-electron chi connectivity index (χ3n) is 6.04. The zero-order valence-electron chi connectivity index (χ0n) is 20.6. The van der Waals surface area contributed by atoms with Crippen LogP contribution in [0.25, 0.3) is 6.08 Å². The first-order valence-corrected chi connectivity index (χ1v) is 11.6. The smallest absolute Gasteiger partial charge is 0.267 e. The second-order valence-electron chi connectivity index (χ2n) is 8.39. The number of nitrogens with two attached hydrogens (primary N) is 2. The van der Waals surface area contributed by atoms with Crippen molar-refractivity contribution in [3.8, 4) is 11.5 Å². The van der Waals surface area contributed by atoms with Crippen LogP contribution in [0.15, 0.2) is 53.8 Å². The van der Waals surface area contributed by atoms with Crippen molar-refractivity contribution < 1.29 is 19.1 Å². The number of ether oxygens (including phenoxy) is 2. The number of anilines is 2. The molecule has 1 aromatic heterocycles. The largest absolute Gasteiger partial charge is 0.493 e. The summed E-state index contributed by atoms with van der Waals surface area (Å²) in [6.45, 7) is 0. The molecule has 1 unspecified atom stereocenters.